The number of carbonyl (C=O) groups is 2. The van der Waals surface area contributed by atoms with Crippen molar-refractivity contribution in [2.45, 2.75) is 0 Å². The lowest BCUT2D eigenvalue weighted by atomic mass is 10.4. The van der Waals surface area contributed by atoms with Crippen LogP contribution in [0.4, 0.5) is 4.79 Å². The van der Waals surface area contributed by atoms with Gasteiger partial charge in [-0.25, -0.2) is 10.2 Å². The summed E-state index contributed by atoms with van der Waals surface area (Å²) in [7, 11) is 0. The van der Waals surface area contributed by atoms with Gasteiger partial charge >= 0.3 is 6.03 Å². The van der Waals surface area contributed by atoms with Gasteiger partial charge in [0.15, 0.2) is 0 Å². The molecule has 1 aromatic rings. The number of nitrogens with two attached hydrogens (primary N) is 1. The van der Waals surface area contributed by atoms with Crippen LogP contribution in [0.2, 0.25) is 0 Å². The van der Waals surface area contributed by atoms with Crippen LogP contribution in [-0.4, -0.2) is 16.6 Å². The van der Waals surface area contributed by atoms with Crippen LogP contribution in [0.3, 0.4) is 0 Å². The summed E-state index contributed by atoms with van der Waals surface area (Å²) in [6.07, 6.45) is 1.46. The van der Waals surface area contributed by atoms with E-state index >= 15 is 0 Å². The summed E-state index contributed by atoms with van der Waals surface area (Å²) in [5.74, 6) is -0.644. The molecule has 0 spiro atoms. The molecular weight excluding hydrogens is 192 g/mol. The first-order valence-corrected chi connectivity index (χ1v) is 3.63. The zero-order valence-corrected chi connectivity index (χ0v) is 7.25. The molecule has 0 aliphatic rings. The predicted molar refractivity (Wildman–Crippen MR) is 47.5 cm³/mol. The first-order valence-electron chi connectivity index (χ1n) is 3.26. The maximum atomic E-state index is 10.7. The second-order valence-corrected chi connectivity index (χ2v) is 2.32. The highest BCUT2D eigenvalue weighted by Gasteiger charge is 2.07. The van der Waals surface area contributed by atoms with E-state index in [1.54, 1.807) is 6.07 Å². The smallest absolute Gasteiger partial charge is 0.364 e. The number of hydrogen-bond acceptors (Lipinski definition) is 3. The lowest BCUT2D eigenvalue weighted by molar-refractivity contribution is 0.0993. The summed E-state index contributed by atoms with van der Waals surface area (Å²) in [4.78, 5) is 21.4. The van der Waals surface area contributed by atoms with Crippen LogP contribution in [0.15, 0.2) is 22.7 Å². The zero-order chi connectivity index (χ0) is 9.84. The first kappa shape index (κ1) is 9.33. The lowest BCUT2D eigenvalue weighted by Gasteiger charge is -2.04. The normalized spacial score (nSPS) is 9.23. The number of rotatable bonds is 2. The minimum absolute atomic E-state index is 0.159. The Morgan fingerprint density at radius 3 is 2.85 bits per heavy atom. The van der Waals surface area contributed by atoms with Crippen LogP contribution >= 0.6 is 0 Å². The second kappa shape index (κ2) is 3.76. The molecule has 1 heterocycles. The Morgan fingerprint density at radius 1 is 1.62 bits per heavy atom. The van der Waals surface area contributed by atoms with Gasteiger partial charge in [-0.2, -0.15) is 0 Å². The Hall–Kier alpha value is -1.76. The minimum Gasteiger partial charge on any atom is -0.364 e. The van der Waals surface area contributed by atoms with E-state index in [9.17, 15) is 9.59 Å². The molecule has 1 rings (SSSR count). The molecule has 0 aromatic carbocycles. The van der Waals surface area contributed by atoms with Crippen molar-refractivity contribution >= 4 is 24.4 Å². The van der Waals surface area contributed by atoms with Crippen molar-refractivity contribution in [2.24, 2.45) is 10.1 Å². The lowest BCUT2D eigenvalue weighted by Crippen LogP contribution is -2.25. The number of nitrogens with zero attached hydrogens (tertiary/aromatic N) is 2. The van der Waals surface area contributed by atoms with E-state index in [2.05, 4.69) is 22.2 Å². The number of carbonyl (C=O) groups excluding carboxylic acids is 2. The van der Waals surface area contributed by atoms with E-state index in [0.717, 1.165) is 4.68 Å². The van der Waals surface area contributed by atoms with Crippen molar-refractivity contribution in [3.05, 3.63) is 24.0 Å². The third-order valence-corrected chi connectivity index (χ3v) is 1.47. The fraction of sp³-hybridized carbons (Fsp3) is 0. The minimum atomic E-state index is -0.728. The monoisotopic (exact) mass is 198 g/mol. The van der Waals surface area contributed by atoms with Gasteiger partial charge in [0, 0.05) is 18.6 Å². The van der Waals surface area contributed by atoms with E-state index in [-0.39, 0.29) is 5.69 Å². The standard InChI is InChI=1S/C6H6N4O2S/c7-5(11)4-2-1-3-10(4)8-6(12)9-13/h1-3H,(H2,7,11)(H,8,12). The Balaban J connectivity index is 2.88. The summed E-state index contributed by atoms with van der Waals surface area (Å²) >= 11 is 4.14. The molecule has 7 heteroatoms. The molecular formula is C6H6N4O2S. The molecule has 3 amide bonds. The molecule has 3 N–H and O–H groups in total. The van der Waals surface area contributed by atoms with Gasteiger partial charge < -0.3 is 5.73 Å². The molecule has 0 bridgehead atoms. The van der Waals surface area contributed by atoms with Crippen LogP contribution < -0.4 is 11.2 Å². The molecule has 0 saturated heterocycles. The van der Waals surface area contributed by atoms with E-state index in [4.69, 9.17) is 5.73 Å². The van der Waals surface area contributed by atoms with E-state index in [1.165, 1.54) is 12.3 Å². The van der Waals surface area contributed by atoms with E-state index in [0.29, 0.717) is 0 Å². The van der Waals surface area contributed by atoms with Crippen molar-refractivity contribution in [3.63, 3.8) is 0 Å². The molecule has 0 aliphatic heterocycles. The number of primary amides is 1. The summed E-state index contributed by atoms with van der Waals surface area (Å²) in [5, 5.41) is 0. The number of hydrogen-bond donors (Lipinski definition) is 2. The van der Waals surface area contributed by atoms with Crippen LogP contribution in [-0.2, 0) is 12.4 Å². The number of amides is 3. The molecule has 0 atom stereocenters. The summed E-state index contributed by atoms with van der Waals surface area (Å²) < 4.78 is 4.08. The Bertz CT molecular complexity index is 359. The summed E-state index contributed by atoms with van der Waals surface area (Å²) in [6, 6.07) is 2.30. The maximum absolute atomic E-state index is 10.7. The average Bonchev–Trinajstić information content (AvgIpc) is 2.52. The van der Waals surface area contributed by atoms with Gasteiger partial charge in [-0.15, -0.1) is 4.36 Å². The van der Waals surface area contributed by atoms with E-state index in [1.807, 2.05) is 0 Å². The highest BCUT2D eigenvalue weighted by Crippen LogP contribution is 1.98. The fourth-order valence-corrected chi connectivity index (χ4v) is 0.843. The molecule has 0 radical (unpaired) electrons. The second-order valence-electron chi connectivity index (χ2n) is 2.14. The SMILES string of the molecule is NC(=O)c1cccn1NC(=O)N=S. The Kier molecular flexibility index (Phi) is 2.70. The average molecular weight is 198 g/mol. The van der Waals surface area contributed by atoms with Crippen LogP contribution in [0.25, 0.3) is 0 Å². The van der Waals surface area contributed by atoms with Crippen molar-refractivity contribution in [2.75, 3.05) is 5.43 Å². The molecule has 0 fully saturated rings. The van der Waals surface area contributed by atoms with Crippen LogP contribution in [0.5, 0.6) is 0 Å². The van der Waals surface area contributed by atoms with Gasteiger partial charge in [0.2, 0.25) is 0 Å². The van der Waals surface area contributed by atoms with Crippen LogP contribution in [0, 0.1) is 0 Å². The molecule has 13 heavy (non-hydrogen) atoms. The topological polar surface area (TPSA) is 89.5 Å². The number of aromatic nitrogens is 1. The third kappa shape index (κ3) is 2.09. The molecule has 68 valence electrons. The highest BCUT2D eigenvalue weighted by atomic mass is 32.1. The molecule has 1 aromatic heterocycles. The summed E-state index contributed by atoms with van der Waals surface area (Å²) in [6.45, 7) is 0. The molecule has 0 unspecified atom stereocenters. The molecule has 0 aliphatic carbocycles. The van der Waals surface area contributed by atoms with Crippen molar-refractivity contribution in [1.29, 1.82) is 0 Å². The largest absolute Gasteiger partial charge is 0.371 e. The van der Waals surface area contributed by atoms with Gasteiger partial charge in [-0.05, 0) is 12.1 Å². The van der Waals surface area contributed by atoms with Crippen LogP contribution in [0.1, 0.15) is 10.5 Å². The predicted octanol–water partition coefficient (Wildman–Crippen LogP) is -0.0190. The first-order chi connectivity index (χ1) is 6.15. The molecule has 6 nitrogen and oxygen atoms in total. The van der Waals surface area contributed by atoms with Gasteiger partial charge in [-0.3, -0.25) is 9.47 Å². The zero-order valence-electron chi connectivity index (χ0n) is 6.43. The fourth-order valence-electron chi connectivity index (χ4n) is 0.803. The van der Waals surface area contributed by atoms with Crippen molar-refractivity contribution in [3.8, 4) is 0 Å². The maximum Gasteiger partial charge on any atom is 0.371 e. The summed E-state index contributed by atoms with van der Waals surface area (Å²) in [5.41, 5.74) is 7.40. The van der Waals surface area contributed by atoms with Crippen molar-refractivity contribution < 1.29 is 9.59 Å². The van der Waals surface area contributed by atoms with Gasteiger partial charge in [-0.1, -0.05) is 0 Å². The Labute approximate surface area is 78.9 Å². The van der Waals surface area contributed by atoms with E-state index < -0.39 is 11.9 Å². The number of nitrogens with one attached hydrogen (secondary N) is 1. The van der Waals surface area contributed by atoms with Gasteiger partial charge in [0.25, 0.3) is 5.91 Å². The Morgan fingerprint density at radius 2 is 2.31 bits per heavy atom. The highest BCUT2D eigenvalue weighted by molar-refractivity contribution is 7.47. The quantitative estimate of drug-likeness (QED) is 0.699. The van der Waals surface area contributed by atoms with Crippen molar-refractivity contribution in [1.82, 2.24) is 4.68 Å². The third-order valence-electron chi connectivity index (χ3n) is 1.30. The van der Waals surface area contributed by atoms with Gasteiger partial charge in [0.05, 0.1) is 0 Å². The van der Waals surface area contributed by atoms with Gasteiger partial charge in [0.1, 0.15) is 5.69 Å². The number of urea groups is 1. The molecule has 0 saturated carbocycles.